The predicted octanol–water partition coefficient (Wildman–Crippen LogP) is 2.25. The zero-order chi connectivity index (χ0) is 10.7. The summed E-state index contributed by atoms with van der Waals surface area (Å²) in [5.41, 5.74) is 0. The van der Waals surface area contributed by atoms with Gasteiger partial charge in [0, 0.05) is 12.1 Å². The Morgan fingerprint density at radius 1 is 1.27 bits per heavy atom. The van der Waals surface area contributed by atoms with Crippen LogP contribution in [0.3, 0.4) is 0 Å². The summed E-state index contributed by atoms with van der Waals surface area (Å²) in [5.74, 6) is 1.10. The van der Waals surface area contributed by atoms with Gasteiger partial charge in [-0.05, 0) is 58.7 Å². The van der Waals surface area contributed by atoms with Crippen molar-refractivity contribution in [3.63, 3.8) is 0 Å². The lowest BCUT2D eigenvalue weighted by Crippen LogP contribution is -2.45. The Hall–Kier alpha value is -0.0800. The molecule has 2 atom stereocenters. The number of hydrogen-bond donors (Lipinski definition) is 1. The van der Waals surface area contributed by atoms with Gasteiger partial charge in [0.1, 0.15) is 0 Å². The lowest BCUT2D eigenvalue weighted by Gasteiger charge is -2.35. The van der Waals surface area contributed by atoms with Crippen molar-refractivity contribution in [1.29, 1.82) is 0 Å². The lowest BCUT2D eigenvalue weighted by molar-refractivity contribution is 0.168. The molecule has 2 nitrogen and oxygen atoms in total. The molecule has 1 N–H and O–H groups in total. The van der Waals surface area contributed by atoms with Crippen LogP contribution in [0.2, 0.25) is 0 Å². The molecule has 2 heteroatoms. The van der Waals surface area contributed by atoms with Crippen molar-refractivity contribution in [2.24, 2.45) is 5.92 Å². The molecule has 0 aromatic heterocycles. The summed E-state index contributed by atoms with van der Waals surface area (Å²) in [5, 5.41) is 3.73. The van der Waals surface area contributed by atoms with Gasteiger partial charge < -0.3 is 10.2 Å². The molecule has 1 aliphatic carbocycles. The SMILES string of the molecule is CC1CC(NCCCC2CC2)CCN1C. The van der Waals surface area contributed by atoms with E-state index in [4.69, 9.17) is 0 Å². The summed E-state index contributed by atoms with van der Waals surface area (Å²) < 4.78 is 0. The van der Waals surface area contributed by atoms with Gasteiger partial charge in [-0.3, -0.25) is 0 Å². The van der Waals surface area contributed by atoms with E-state index in [1.165, 1.54) is 51.6 Å². The minimum absolute atomic E-state index is 0.764. The molecule has 0 bridgehead atoms. The van der Waals surface area contributed by atoms with Gasteiger partial charge in [-0.15, -0.1) is 0 Å². The van der Waals surface area contributed by atoms with Gasteiger partial charge in [-0.25, -0.2) is 0 Å². The first-order valence-electron chi connectivity index (χ1n) is 6.69. The van der Waals surface area contributed by atoms with E-state index in [1.54, 1.807) is 0 Å². The molecular formula is C13H26N2. The smallest absolute Gasteiger partial charge is 0.00940 e. The van der Waals surface area contributed by atoms with Gasteiger partial charge in [0.05, 0.1) is 0 Å². The Kier molecular flexibility index (Phi) is 4.04. The fraction of sp³-hybridized carbons (Fsp3) is 1.00. The maximum atomic E-state index is 3.73. The van der Waals surface area contributed by atoms with E-state index >= 15 is 0 Å². The Balaban J connectivity index is 1.54. The van der Waals surface area contributed by atoms with Crippen molar-refractivity contribution >= 4 is 0 Å². The largest absolute Gasteiger partial charge is 0.314 e. The molecule has 0 spiro atoms. The first-order chi connectivity index (χ1) is 7.25. The highest BCUT2D eigenvalue weighted by Gasteiger charge is 2.23. The third kappa shape index (κ3) is 3.76. The minimum atomic E-state index is 0.764. The van der Waals surface area contributed by atoms with Crippen molar-refractivity contribution in [1.82, 2.24) is 10.2 Å². The normalized spacial score (nSPS) is 33.2. The zero-order valence-electron chi connectivity index (χ0n) is 10.3. The van der Waals surface area contributed by atoms with E-state index < -0.39 is 0 Å². The Labute approximate surface area is 94.4 Å². The molecular weight excluding hydrogens is 184 g/mol. The standard InChI is InChI=1S/C13H26N2/c1-11-10-13(7-9-15(11)2)14-8-3-4-12-5-6-12/h11-14H,3-10H2,1-2H3. The van der Waals surface area contributed by atoms with Gasteiger partial charge in [0.25, 0.3) is 0 Å². The first kappa shape index (κ1) is 11.4. The monoisotopic (exact) mass is 210 g/mol. The highest BCUT2D eigenvalue weighted by molar-refractivity contribution is 4.81. The van der Waals surface area contributed by atoms with Crippen LogP contribution >= 0.6 is 0 Å². The van der Waals surface area contributed by atoms with Crippen LogP contribution in [0.15, 0.2) is 0 Å². The topological polar surface area (TPSA) is 15.3 Å². The molecule has 0 radical (unpaired) electrons. The quantitative estimate of drug-likeness (QED) is 0.700. The number of hydrogen-bond acceptors (Lipinski definition) is 2. The molecule has 0 aromatic carbocycles. The summed E-state index contributed by atoms with van der Waals surface area (Å²) in [4.78, 5) is 2.47. The molecule has 2 fully saturated rings. The molecule has 88 valence electrons. The third-order valence-corrected chi connectivity index (χ3v) is 4.13. The number of nitrogens with zero attached hydrogens (tertiary/aromatic N) is 1. The van der Waals surface area contributed by atoms with Gasteiger partial charge in [0.2, 0.25) is 0 Å². The van der Waals surface area contributed by atoms with E-state index in [2.05, 4.69) is 24.2 Å². The van der Waals surface area contributed by atoms with Crippen LogP contribution < -0.4 is 5.32 Å². The van der Waals surface area contributed by atoms with Crippen molar-refractivity contribution in [2.45, 2.75) is 57.5 Å². The summed E-state index contributed by atoms with van der Waals surface area (Å²) >= 11 is 0. The second-order valence-corrected chi connectivity index (χ2v) is 5.59. The maximum absolute atomic E-state index is 3.73. The van der Waals surface area contributed by atoms with Crippen molar-refractivity contribution in [2.75, 3.05) is 20.1 Å². The van der Waals surface area contributed by atoms with Gasteiger partial charge in [-0.1, -0.05) is 12.8 Å². The molecule has 2 unspecified atom stereocenters. The van der Waals surface area contributed by atoms with E-state index in [1.807, 2.05) is 0 Å². The summed E-state index contributed by atoms with van der Waals surface area (Å²) in [7, 11) is 2.24. The average Bonchev–Trinajstić information content (AvgIpc) is 3.02. The third-order valence-electron chi connectivity index (χ3n) is 4.13. The fourth-order valence-electron chi connectivity index (χ4n) is 2.58. The number of rotatable bonds is 5. The molecule has 0 aromatic rings. The molecule has 2 rings (SSSR count). The van der Waals surface area contributed by atoms with Crippen molar-refractivity contribution in [3.8, 4) is 0 Å². The van der Waals surface area contributed by atoms with Crippen LogP contribution in [0.1, 0.15) is 45.4 Å². The minimum Gasteiger partial charge on any atom is -0.314 e. The summed E-state index contributed by atoms with van der Waals surface area (Å²) in [6.07, 6.45) is 8.54. The van der Waals surface area contributed by atoms with E-state index in [0.717, 1.165) is 18.0 Å². The van der Waals surface area contributed by atoms with Gasteiger partial charge in [-0.2, -0.15) is 0 Å². The highest BCUT2D eigenvalue weighted by atomic mass is 15.1. The Morgan fingerprint density at radius 2 is 2.07 bits per heavy atom. The van der Waals surface area contributed by atoms with Crippen LogP contribution in [0.4, 0.5) is 0 Å². The van der Waals surface area contributed by atoms with Crippen LogP contribution in [0.5, 0.6) is 0 Å². The average molecular weight is 210 g/mol. The Morgan fingerprint density at radius 3 is 2.73 bits per heavy atom. The Bertz CT molecular complexity index is 189. The molecule has 1 heterocycles. The molecule has 1 saturated carbocycles. The lowest BCUT2D eigenvalue weighted by atomic mass is 9.99. The fourth-order valence-corrected chi connectivity index (χ4v) is 2.58. The molecule has 0 amide bonds. The molecule has 2 aliphatic rings. The van der Waals surface area contributed by atoms with Crippen LogP contribution in [-0.4, -0.2) is 37.1 Å². The summed E-state index contributed by atoms with van der Waals surface area (Å²) in [6, 6.07) is 1.55. The zero-order valence-corrected chi connectivity index (χ0v) is 10.3. The van der Waals surface area contributed by atoms with Crippen LogP contribution in [0.25, 0.3) is 0 Å². The second-order valence-electron chi connectivity index (χ2n) is 5.59. The molecule has 1 aliphatic heterocycles. The number of likely N-dealkylation sites (tertiary alicyclic amines) is 1. The van der Waals surface area contributed by atoms with Gasteiger partial charge in [0.15, 0.2) is 0 Å². The van der Waals surface area contributed by atoms with Crippen LogP contribution in [-0.2, 0) is 0 Å². The first-order valence-corrected chi connectivity index (χ1v) is 6.69. The molecule has 1 saturated heterocycles. The van der Waals surface area contributed by atoms with E-state index in [-0.39, 0.29) is 0 Å². The van der Waals surface area contributed by atoms with E-state index in [0.29, 0.717) is 0 Å². The molecule has 15 heavy (non-hydrogen) atoms. The van der Waals surface area contributed by atoms with Crippen molar-refractivity contribution < 1.29 is 0 Å². The number of nitrogens with one attached hydrogen (secondary N) is 1. The van der Waals surface area contributed by atoms with Crippen LogP contribution in [0, 0.1) is 5.92 Å². The van der Waals surface area contributed by atoms with Gasteiger partial charge >= 0.3 is 0 Å². The van der Waals surface area contributed by atoms with Crippen molar-refractivity contribution in [3.05, 3.63) is 0 Å². The summed E-state index contributed by atoms with van der Waals surface area (Å²) in [6.45, 7) is 4.86. The second kappa shape index (κ2) is 5.31. The number of piperidine rings is 1. The maximum Gasteiger partial charge on any atom is 0.00940 e. The predicted molar refractivity (Wildman–Crippen MR) is 65.1 cm³/mol. The van der Waals surface area contributed by atoms with E-state index in [9.17, 15) is 0 Å². The highest BCUT2D eigenvalue weighted by Crippen LogP contribution is 2.33.